The lowest BCUT2D eigenvalue weighted by Gasteiger charge is -2.12. The van der Waals surface area contributed by atoms with Crippen molar-refractivity contribution in [3.05, 3.63) is 83.2 Å². The summed E-state index contributed by atoms with van der Waals surface area (Å²) in [5, 5.41) is 21.9. The standard InChI is InChI=1S/C25H18N6/c1-16-11-18(5-4-10-26)12-17(2)23(16)21-7-3-6-20-15-29-25(31-24(20)21)30-22-9-8-19(13-27)14-28-22/h3-9,11-12,14-15H,1-2H3,(H,28,29,30,31)/p+1/b5-4+. The molecule has 0 spiro atoms. The number of nitrogens with zero attached hydrogens (tertiary/aromatic N) is 4. The number of H-pyrrole nitrogens is 1. The summed E-state index contributed by atoms with van der Waals surface area (Å²) in [6.07, 6.45) is 6.72. The Morgan fingerprint density at radius 2 is 1.87 bits per heavy atom. The number of hydrogen-bond donors (Lipinski definition) is 1. The zero-order valence-electron chi connectivity index (χ0n) is 17.1. The van der Waals surface area contributed by atoms with Crippen LogP contribution in [0.5, 0.6) is 0 Å². The molecule has 0 atom stereocenters. The smallest absolute Gasteiger partial charge is 0.248 e. The molecule has 0 aliphatic rings. The van der Waals surface area contributed by atoms with E-state index in [4.69, 9.17) is 15.5 Å². The first-order valence-corrected chi connectivity index (χ1v) is 9.71. The Hall–Kier alpha value is -4.55. The zero-order valence-corrected chi connectivity index (χ0v) is 17.1. The fourth-order valence-corrected chi connectivity index (χ4v) is 3.67. The van der Waals surface area contributed by atoms with Crippen LogP contribution in [0.15, 0.2) is 60.9 Å². The van der Waals surface area contributed by atoms with E-state index in [1.54, 1.807) is 12.1 Å². The molecule has 6 heteroatoms. The van der Waals surface area contributed by atoms with Crippen molar-refractivity contribution in [2.75, 3.05) is 5.32 Å². The Bertz CT molecular complexity index is 1370. The third kappa shape index (κ3) is 4.10. The average Bonchev–Trinajstić information content (AvgIpc) is 2.78. The van der Waals surface area contributed by atoms with Crippen molar-refractivity contribution in [3.63, 3.8) is 0 Å². The van der Waals surface area contributed by atoms with Crippen molar-refractivity contribution in [3.8, 4) is 23.3 Å². The molecule has 6 nitrogen and oxygen atoms in total. The molecule has 2 N–H and O–H groups in total. The van der Waals surface area contributed by atoms with Crippen LogP contribution >= 0.6 is 0 Å². The number of fused-ring (bicyclic) bond motifs is 1. The Morgan fingerprint density at radius 1 is 1.06 bits per heavy atom. The summed E-state index contributed by atoms with van der Waals surface area (Å²) in [6, 6.07) is 17.8. The number of anilines is 2. The Kier molecular flexibility index (Phi) is 5.38. The van der Waals surface area contributed by atoms with E-state index in [0.29, 0.717) is 17.3 Å². The van der Waals surface area contributed by atoms with E-state index < -0.39 is 0 Å². The van der Waals surface area contributed by atoms with Gasteiger partial charge in [0, 0.05) is 23.2 Å². The molecule has 31 heavy (non-hydrogen) atoms. The summed E-state index contributed by atoms with van der Waals surface area (Å²) < 4.78 is 0. The van der Waals surface area contributed by atoms with Gasteiger partial charge in [0.25, 0.3) is 0 Å². The highest BCUT2D eigenvalue weighted by atomic mass is 15.1. The minimum absolute atomic E-state index is 0.502. The largest absolute Gasteiger partial charge is 0.395 e. The maximum absolute atomic E-state index is 8.93. The first-order valence-electron chi connectivity index (χ1n) is 9.71. The Labute approximate surface area is 180 Å². The number of hydrogen-bond acceptors (Lipinski definition) is 5. The third-order valence-corrected chi connectivity index (χ3v) is 4.97. The van der Waals surface area contributed by atoms with Crippen molar-refractivity contribution in [1.29, 1.82) is 10.5 Å². The van der Waals surface area contributed by atoms with Gasteiger partial charge in [0.1, 0.15) is 6.07 Å². The van der Waals surface area contributed by atoms with Crippen LogP contribution in [0.1, 0.15) is 22.3 Å². The minimum Gasteiger partial charge on any atom is -0.248 e. The number of aromatic nitrogens is 3. The molecule has 2 aromatic heterocycles. The van der Waals surface area contributed by atoms with Gasteiger partial charge in [0.05, 0.1) is 17.8 Å². The van der Waals surface area contributed by atoms with Gasteiger partial charge in [0.15, 0.2) is 11.3 Å². The molecule has 2 heterocycles. The molecule has 148 valence electrons. The maximum Gasteiger partial charge on any atom is 0.395 e. The molecule has 0 saturated carbocycles. The van der Waals surface area contributed by atoms with Gasteiger partial charge < -0.3 is 0 Å². The number of pyridine rings is 1. The lowest BCUT2D eigenvalue weighted by atomic mass is 9.92. The minimum atomic E-state index is 0.502. The van der Waals surface area contributed by atoms with Crippen molar-refractivity contribution in [2.45, 2.75) is 13.8 Å². The number of para-hydroxylation sites is 1. The van der Waals surface area contributed by atoms with Crippen LogP contribution < -0.4 is 10.3 Å². The lowest BCUT2D eigenvalue weighted by molar-refractivity contribution is -0.362. The van der Waals surface area contributed by atoms with E-state index in [2.05, 4.69) is 53.4 Å². The summed E-state index contributed by atoms with van der Waals surface area (Å²) in [4.78, 5) is 12.2. The normalized spacial score (nSPS) is 10.7. The molecule has 0 saturated heterocycles. The summed E-state index contributed by atoms with van der Waals surface area (Å²) >= 11 is 0. The third-order valence-electron chi connectivity index (χ3n) is 4.97. The molecule has 0 amide bonds. The van der Waals surface area contributed by atoms with Crippen LogP contribution in [0.4, 0.5) is 11.8 Å². The van der Waals surface area contributed by atoms with Crippen molar-refractivity contribution in [1.82, 2.24) is 9.97 Å². The number of nitriles is 2. The summed E-state index contributed by atoms with van der Waals surface area (Å²) in [5.41, 5.74) is 6.75. The van der Waals surface area contributed by atoms with E-state index in [1.165, 1.54) is 12.3 Å². The molecule has 0 radical (unpaired) electrons. The SMILES string of the molecule is Cc1cc(/C=C/C#N)cc(C)c1-c1cccc2c[nH+]c(Nc3ccc(C#N)cn3)nc12. The molecular weight excluding hydrogens is 384 g/mol. The van der Waals surface area contributed by atoms with Gasteiger partial charge in [-0.3, -0.25) is 0 Å². The first kappa shape index (κ1) is 19.8. The molecule has 2 aromatic carbocycles. The van der Waals surface area contributed by atoms with Crippen LogP contribution in [0.3, 0.4) is 0 Å². The van der Waals surface area contributed by atoms with E-state index >= 15 is 0 Å². The quantitative estimate of drug-likeness (QED) is 0.490. The fraction of sp³-hybridized carbons (Fsp3) is 0.0800. The zero-order chi connectivity index (χ0) is 21.8. The topological polar surface area (TPSA) is 99.5 Å². The average molecular weight is 403 g/mol. The lowest BCUT2D eigenvalue weighted by Crippen LogP contribution is -2.13. The van der Waals surface area contributed by atoms with Gasteiger partial charge in [-0.05, 0) is 60.4 Å². The molecule has 0 aliphatic carbocycles. The molecule has 0 unspecified atom stereocenters. The van der Waals surface area contributed by atoms with Crippen LogP contribution in [0, 0.1) is 36.5 Å². The van der Waals surface area contributed by atoms with Gasteiger partial charge in [0.2, 0.25) is 0 Å². The summed E-state index contributed by atoms with van der Waals surface area (Å²) in [7, 11) is 0. The summed E-state index contributed by atoms with van der Waals surface area (Å²) in [6.45, 7) is 4.14. The molecule has 4 rings (SSSR count). The van der Waals surface area contributed by atoms with Gasteiger partial charge in [-0.2, -0.15) is 10.5 Å². The second-order valence-corrected chi connectivity index (χ2v) is 7.15. The predicted molar refractivity (Wildman–Crippen MR) is 120 cm³/mol. The van der Waals surface area contributed by atoms with Crippen molar-refractivity contribution in [2.24, 2.45) is 0 Å². The van der Waals surface area contributed by atoms with Crippen LogP contribution in [0.2, 0.25) is 0 Å². The molecule has 0 aliphatic heterocycles. The van der Waals surface area contributed by atoms with Gasteiger partial charge in [-0.1, -0.05) is 29.2 Å². The van der Waals surface area contributed by atoms with Crippen molar-refractivity contribution >= 4 is 28.7 Å². The second-order valence-electron chi connectivity index (χ2n) is 7.15. The van der Waals surface area contributed by atoms with E-state index in [-0.39, 0.29) is 0 Å². The predicted octanol–water partition coefficient (Wildman–Crippen LogP) is 4.88. The van der Waals surface area contributed by atoms with Gasteiger partial charge in [-0.15, -0.1) is 0 Å². The number of nitrogens with one attached hydrogen (secondary N) is 2. The number of aromatic amines is 1. The number of rotatable bonds is 4. The van der Waals surface area contributed by atoms with Gasteiger partial charge in [-0.25, -0.2) is 15.3 Å². The molecular formula is C25H19N6+. The van der Waals surface area contributed by atoms with E-state index in [0.717, 1.165) is 38.7 Å². The highest BCUT2D eigenvalue weighted by Crippen LogP contribution is 2.33. The van der Waals surface area contributed by atoms with E-state index in [9.17, 15) is 0 Å². The maximum atomic E-state index is 8.93. The fourth-order valence-electron chi connectivity index (χ4n) is 3.67. The number of aryl methyl sites for hydroxylation is 2. The van der Waals surface area contributed by atoms with Crippen LogP contribution in [-0.2, 0) is 0 Å². The molecule has 4 aromatic rings. The highest BCUT2D eigenvalue weighted by molar-refractivity contribution is 5.95. The Morgan fingerprint density at radius 3 is 2.55 bits per heavy atom. The Balaban J connectivity index is 1.78. The van der Waals surface area contributed by atoms with E-state index in [1.807, 2.05) is 30.5 Å². The monoisotopic (exact) mass is 403 g/mol. The second kappa shape index (κ2) is 8.44. The van der Waals surface area contributed by atoms with Crippen LogP contribution in [-0.4, -0.2) is 9.97 Å². The first-order chi connectivity index (χ1) is 15.1. The van der Waals surface area contributed by atoms with Crippen LogP contribution in [0.25, 0.3) is 28.1 Å². The number of allylic oxidation sites excluding steroid dienone is 1. The molecule has 0 bridgehead atoms. The number of benzene rings is 2. The molecule has 0 fully saturated rings. The van der Waals surface area contributed by atoms with Crippen molar-refractivity contribution < 1.29 is 4.98 Å². The highest BCUT2D eigenvalue weighted by Gasteiger charge is 2.16. The summed E-state index contributed by atoms with van der Waals surface area (Å²) in [5.74, 6) is 1.15. The van der Waals surface area contributed by atoms with Gasteiger partial charge >= 0.3 is 5.95 Å².